The molecule has 0 unspecified atom stereocenters. The summed E-state index contributed by atoms with van der Waals surface area (Å²) in [7, 11) is 0. The van der Waals surface area contributed by atoms with E-state index in [-0.39, 0.29) is 34.7 Å². The number of hydrogen-bond donors (Lipinski definition) is 2. The molecule has 40 heavy (non-hydrogen) atoms. The smallest absolute Gasteiger partial charge is 0.352 e. The molecule has 2 N–H and O–H groups in total. The molecule has 0 atom stereocenters. The minimum Gasteiger partial charge on any atom is -0.352 e. The quantitative estimate of drug-likeness (QED) is 0.265. The first-order valence-electron chi connectivity index (χ1n) is 11.9. The number of alkyl halides is 3. The number of carbonyl (C=O) groups excluding carboxylic acids is 2. The molecule has 208 valence electrons. The van der Waals surface area contributed by atoms with Crippen molar-refractivity contribution < 1.29 is 22.8 Å². The third kappa shape index (κ3) is 6.24. The SMILES string of the molecule is Cc1cc(I)cc(C(=O)NCC2CC2)c1NC(=O)c1cc(Cn2nnc(C(F)(F)F)n2)nn1-c1ncccc1Cl. The number of rotatable bonds is 8. The predicted molar refractivity (Wildman–Crippen MR) is 145 cm³/mol. The largest absolute Gasteiger partial charge is 0.455 e. The van der Waals surface area contributed by atoms with Crippen LogP contribution in [0.5, 0.6) is 0 Å². The number of benzene rings is 1. The Morgan fingerprint density at radius 1 is 1.18 bits per heavy atom. The molecule has 1 saturated carbocycles. The van der Waals surface area contributed by atoms with Gasteiger partial charge in [0.05, 0.1) is 22.0 Å². The first kappa shape index (κ1) is 27.9. The molecule has 0 spiro atoms. The zero-order valence-corrected chi connectivity index (χ0v) is 23.6. The van der Waals surface area contributed by atoms with Crippen LogP contribution in [0.25, 0.3) is 5.82 Å². The highest BCUT2D eigenvalue weighted by atomic mass is 127. The Morgan fingerprint density at radius 3 is 2.62 bits per heavy atom. The van der Waals surface area contributed by atoms with Crippen LogP contribution in [-0.4, -0.2) is 53.3 Å². The molecule has 0 bridgehead atoms. The van der Waals surface area contributed by atoms with E-state index in [4.69, 9.17) is 11.6 Å². The van der Waals surface area contributed by atoms with Gasteiger partial charge in [-0.2, -0.15) is 23.1 Å². The van der Waals surface area contributed by atoms with E-state index in [0.717, 1.165) is 16.4 Å². The van der Waals surface area contributed by atoms with Gasteiger partial charge in [-0.1, -0.05) is 11.6 Å². The van der Waals surface area contributed by atoms with Gasteiger partial charge in [-0.3, -0.25) is 9.59 Å². The summed E-state index contributed by atoms with van der Waals surface area (Å²) in [6.45, 7) is 2.00. The molecule has 4 aromatic rings. The van der Waals surface area contributed by atoms with Crippen LogP contribution in [0.3, 0.4) is 0 Å². The van der Waals surface area contributed by atoms with Crippen LogP contribution in [0.4, 0.5) is 18.9 Å². The Kier molecular flexibility index (Phi) is 7.76. The third-order valence-electron chi connectivity index (χ3n) is 5.97. The molecule has 5 rings (SSSR count). The average Bonchev–Trinajstić information content (AvgIpc) is 3.43. The van der Waals surface area contributed by atoms with E-state index in [0.29, 0.717) is 34.1 Å². The number of halogens is 5. The van der Waals surface area contributed by atoms with Crippen LogP contribution in [0.2, 0.25) is 5.02 Å². The molecule has 0 aliphatic heterocycles. The number of amides is 2. The summed E-state index contributed by atoms with van der Waals surface area (Å²) < 4.78 is 40.8. The van der Waals surface area contributed by atoms with E-state index in [1.807, 2.05) is 6.07 Å². The zero-order chi connectivity index (χ0) is 28.6. The summed E-state index contributed by atoms with van der Waals surface area (Å²) in [5, 5.41) is 20.0. The second-order valence-corrected chi connectivity index (χ2v) is 10.8. The number of anilines is 1. The van der Waals surface area contributed by atoms with Crippen molar-refractivity contribution in [2.24, 2.45) is 5.92 Å². The normalized spacial score (nSPS) is 13.3. The van der Waals surface area contributed by atoms with Crippen molar-refractivity contribution >= 4 is 51.7 Å². The summed E-state index contributed by atoms with van der Waals surface area (Å²) in [6, 6.07) is 7.99. The van der Waals surface area contributed by atoms with E-state index >= 15 is 0 Å². The minimum atomic E-state index is -4.77. The molecule has 1 fully saturated rings. The van der Waals surface area contributed by atoms with Crippen molar-refractivity contribution in [2.75, 3.05) is 11.9 Å². The maximum Gasteiger partial charge on any atom is 0.455 e. The number of aromatic nitrogens is 7. The summed E-state index contributed by atoms with van der Waals surface area (Å²) in [5.74, 6) is -1.79. The molecule has 16 heteroatoms. The first-order chi connectivity index (χ1) is 19.0. The molecule has 2 amide bonds. The number of hydrogen-bond acceptors (Lipinski definition) is 7. The van der Waals surface area contributed by atoms with E-state index in [1.54, 1.807) is 25.1 Å². The zero-order valence-electron chi connectivity index (χ0n) is 20.7. The van der Waals surface area contributed by atoms with Crippen LogP contribution < -0.4 is 10.6 Å². The molecular weight excluding hydrogens is 666 g/mol. The summed E-state index contributed by atoms with van der Waals surface area (Å²) in [6.07, 6.45) is -1.18. The number of nitrogens with zero attached hydrogens (tertiary/aromatic N) is 7. The van der Waals surface area contributed by atoms with Crippen molar-refractivity contribution in [2.45, 2.75) is 32.5 Å². The highest BCUT2D eigenvalue weighted by Gasteiger charge is 2.37. The summed E-state index contributed by atoms with van der Waals surface area (Å²) in [4.78, 5) is 31.6. The van der Waals surface area contributed by atoms with Gasteiger partial charge in [0, 0.05) is 16.3 Å². The third-order valence-corrected chi connectivity index (χ3v) is 6.89. The highest BCUT2D eigenvalue weighted by Crippen LogP contribution is 2.29. The van der Waals surface area contributed by atoms with Gasteiger partial charge >= 0.3 is 6.18 Å². The van der Waals surface area contributed by atoms with E-state index in [9.17, 15) is 22.8 Å². The van der Waals surface area contributed by atoms with Crippen LogP contribution in [-0.2, 0) is 12.7 Å². The summed E-state index contributed by atoms with van der Waals surface area (Å²) >= 11 is 8.42. The van der Waals surface area contributed by atoms with Crippen molar-refractivity contribution in [1.29, 1.82) is 0 Å². The topological polar surface area (TPSA) is 133 Å². The van der Waals surface area contributed by atoms with E-state index in [1.165, 1.54) is 16.9 Å². The molecule has 0 radical (unpaired) electrons. The molecule has 1 aliphatic rings. The van der Waals surface area contributed by atoms with E-state index < -0.39 is 17.9 Å². The van der Waals surface area contributed by atoms with Gasteiger partial charge in [-0.05, 0) is 89.4 Å². The monoisotopic (exact) mass is 685 g/mol. The van der Waals surface area contributed by atoms with Gasteiger partial charge in [-0.15, -0.1) is 10.2 Å². The lowest BCUT2D eigenvalue weighted by atomic mass is 10.1. The standard InChI is InChI=1S/C24H20ClF3IN9O2/c1-12-7-14(29)8-16(21(39)31-10-13-4-5-13)19(12)32-22(40)18-9-15(11-37-35-23(33-36-37)24(26,27)28)34-38(18)20-17(25)3-2-6-30-20/h2-3,6-9,13H,4-5,10-11H2,1H3,(H,31,39)(H,32,40). The van der Waals surface area contributed by atoms with Crippen LogP contribution in [0.15, 0.2) is 36.5 Å². The Hall–Kier alpha value is -3.60. The highest BCUT2D eigenvalue weighted by molar-refractivity contribution is 14.1. The fraction of sp³-hybridized carbons (Fsp3) is 0.292. The lowest BCUT2D eigenvalue weighted by Crippen LogP contribution is -2.28. The minimum absolute atomic E-state index is 0.0333. The molecular formula is C24H20ClF3IN9O2. The maximum absolute atomic E-state index is 13.6. The number of aryl methyl sites for hydroxylation is 1. The second-order valence-electron chi connectivity index (χ2n) is 9.14. The maximum atomic E-state index is 13.6. The molecule has 1 aliphatic carbocycles. The lowest BCUT2D eigenvalue weighted by molar-refractivity contribution is -0.145. The first-order valence-corrected chi connectivity index (χ1v) is 13.4. The van der Waals surface area contributed by atoms with Crippen molar-refractivity contribution in [3.63, 3.8) is 0 Å². The van der Waals surface area contributed by atoms with Gasteiger partial charge in [0.2, 0.25) is 0 Å². The van der Waals surface area contributed by atoms with Gasteiger partial charge < -0.3 is 10.6 Å². The molecule has 1 aromatic carbocycles. The Morgan fingerprint density at radius 2 is 1.95 bits per heavy atom. The van der Waals surface area contributed by atoms with Gasteiger partial charge in [0.1, 0.15) is 12.2 Å². The predicted octanol–water partition coefficient (Wildman–Crippen LogP) is 4.28. The fourth-order valence-electron chi connectivity index (χ4n) is 3.85. The fourth-order valence-corrected chi connectivity index (χ4v) is 4.83. The number of tetrazole rings is 1. The summed E-state index contributed by atoms with van der Waals surface area (Å²) in [5.41, 5.74) is 1.37. The van der Waals surface area contributed by atoms with Crippen LogP contribution in [0, 0.1) is 16.4 Å². The molecule has 11 nitrogen and oxygen atoms in total. The number of pyridine rings is 1. The van der Waals surface area contributed by atoms with Crippen LogP contribution >= 0.6 is 34.2 Å². The van der Waals surface area contributed by atoms with Crippen LogP contribution in [0.1, 0.15) is 50.8 Å². The van der Waals surface area contributed by atoms with Crippen molar-refractivity contribution in [3.8, 4) is 5.82 Å². The van der Waals surface area contributed by atoms with Gasteiger partial charge in [-0.25, -0.2) is 9.67 Å². The Bertz CT molecular complexity index is 1600. The Labute approximate surface area is 243 Å². The lowest BCUT2D eigenvalue weighted by Gasteiger charge is -2.15. The number of carbonyl (C=O) groups is 2. The van der Waals surface area contributed by atoms with Gasteiger partial charge in [0.25, 0.3) is 17.6 Å². The van der Waals surface area contributed by atoms with Gasteiger partial charge in [0.15, 0.2) is 5.82 Å². The second kappa shape index (κ2) is 11.1. The average molecular weight is 686 g/mol. The number of nitrogens with one attached hydrogen (secondary N) is 2. The van der Waals surface area contributed by atoms with E-state index in [2.05, 4.69) is 58.7 Å². The van der Waals surface area contributed by atoms with Crippen molar-refractivity contribution in [1.82, 2.24) is 40.3 Å². The molecule has 3 heterocycles. The molecule has 0 saturated heterocycles. The Balaban J connectivity index is 1.49. The van der Waals surface area contributed by atoms with Crippen molar-refractivity contribution in [3.05, 3.63) is 73.5 Å². The molecule has 3 aromatic heterocycles.